The third-order valence-electron chi connectivity index (χ3n) is 9.15. The molecule has 7 atom stereocenters. The number of cyclic esters (lactones) is 1. The molecule has 4 aliphatic rings. The molecule has 0 spiro atoms. The monoisotopic (exact) mass is 446 g/mol. The number of carbonyl (C=O) groups is 1. The van der Waals surface area contributed by atoms with Crippen LogP contribution in [0.1, 0.15) is 54.4 Å². The van der Waals surface area contributed by atoms with Crippen LogP contribution >= 0.6 is 0 Å². The fourth-order valence-electron chi connectivity index (χ4n) is 6.12. The molecule has 32 heavy (non-hydrogen) atoms. The molecule has 178 valence electrons. The van der Waals surface area contributed by atoms with E-state index in [1.807, 2.05) is 19.1 Å². The summed E-state index contributed by atoms with van der Waals surface area (Å²) in [7, 11) is 0. The Morgan fingerprint density at radius 1 is 1.31 bits per heavy atom. The number of hydrogen-bond donors (Lipinski definition) is 2. The van der Waals surface area contributed by atoms with Crippen LogP contribution < -0.4 is 0 Å². The maximum Gasteiger partial charge on any atom is 0.331 e. The molecule has 0 radical (unpaired) electrons. The van der Waals surface area contributed by atoms with Crippen molar-refractivity contribution in [3.63, 3.8) is 0 Å². The Balaban J connectivity index is 1.71. The first-order valence-corrected chi connectivity index (χ1v) is 11.8. The Labute approximate surface area is 191 Å². The van der Waals surface area contributed by atoms with Gasteiger partial charge < -0.3 is 24.4 Å². The number of aliphatic hydroxyl groups excluding tert-OH is 1. The first kappa shape index (κ1) is 23.7. The summed E-state index contributed by atoms with van der Waals surface area (Å²) in [4.78, 5) is 11.5. The van der Waals surface area contributed by atoms with Crippen molar-refractivity contribution in [2.75, 3.05) is 19.8 Å². The van der Waals surface area contributed by atoms with E-state index in [-0.39, 0.29) is 24.1 Å². The molecule has 0 aromatic heterocycles. The van der Waals surface area contributed by atoms with Gasteiger partial charge in [-0.1, -0.05) is 51.5 Å². The van der Waals surface area contributed by atoms with Crippen LogP contribution in [0.4, 0.5) is 0 Å². The van der Waals surface area contributed by atoms with E-state index < -0.39 is 28.6 Å². The summed E-state index contributed by atoms with van der Waals surface area (Å²) >= 11 is 0. The lowest BCUT2D eigenvalue weighted by Crippen LogP contribution is -2.71. The van der Waals surface area contributed by atoms with Gasteiger partial charge in [0.15, 0.2) is 0 Å². The minimum atomic E-state index is -1.44. The van der Waals surface area contributed by atoms with Crippen LogP contribution in [0.15, 0.2) is 35.5 Å². The highest BCUT2D eigenvalue weighted by Gasteiger charge is 2.67. The highest BCUT2D eigenvalue weighted by atomic mass is 16.6. The topological polar surface area (TPSA) is 88.5 Å². The Morgan fingerprint density at radius 3 is 2.56 bits per heavy atom. The maximum atomic E-state index is 11.8. The van der Waals surface area contributed by atoms with Crippen LogP contribution in [0, 0.1) is 22.7 Å². The molecule has 0 bridgehead atoms. The van der Waals surface area contributed by atoms with Crippen molar-refractivity contribution in [3.05, 3.63) is 35.5 Å². The zero-order valence-electron chi connectivity index (χ0n) is 20.2. The number of rotatable bonds is 6. The normalized spacial score (nSPS) is 46.2. The molecule has 2 fully saturated rings. The SMILES string of the molecule is CC1=CCC[C@H]2[C@@]1(C)[C@@H](OC[C@]1(C(C)C)CO1)[C@H](O)[C@](C)(O)[C@]2(C)C=CC1=CC(=O)OC1. The molecule has 2 aliphatic heterocycles. The molecule has 6 heteroatoms. The van der Waals surface area contributed by atoms with Gasteiger partial charge in [-0.2, -0.15) is 0 Å². The molecule has 1 saturated carbocycles. The van der Waals surface area contributed by atoms with E-state index in [2.05, 4.69) is 33.8 Å². The summed E-state index contributed by atoms with van der Waals surface area (Å²) in [5, 5.41) is 23.4. The first-order chi connectivity index (χ1) is 14.9. The lowest BCUT2D eigenvalue weighted by Gasteiger charge is -2.64. The van der Waals surface area contributed by atoms with E-state index in [0.717, 1.165) is 18.4 Å². The van der Waals surface area contributed by atoms with Gasteiger partial charge in [-0.05, 0) is 44.1 Å². The van der Waals surface area contributed by atoms with E-state index in [0.29, 0.717) is 19.1 Å². The standard InChI is InChI=1S/C26H38O6/c1-16(2)26(15-32-26)14-31-22-21(28)25(6,29)23(4,11-10-18-12-20(27)30-13-18)19-9-7-8-17(3)24(19,22)5/h8,10-12,16,19,21-22,28-29H,7,9,13-15H2,1-6H3/t19-,21+,22+,23-,24+,25+,26-/m1/s1. The van der Waals surface area contributed by atoms with Crippen molar-refractivity contribution >= 4 is 5.97 Å². The third kappa shape index (κ3) is 3.42. The van der Waals surface area contributed by atoms with Crippen LogP contribution in [0.25, 0.3) is 0 Å². The van der Waals surface area contributed by atoms with Gasteiger partial charge in [-0.15, -0.1) is 0 Å². The highest BCUT2D eigenvalue weighted by molar-refractivity contribution is 5.86. The average molecular weight is 447 g/mol. The van der Waals surface area contributed by atoms with E-state index >= 15 is 0 Å². The number of ether oxygens (including phenoxy) is 3. The molecule has 0 amide bonds. The molecule has 4 rings (SSSR count). The summed E-state index contributed by atoms with van der Waals surface area (Å²) in [6.45, 7) is 13.5. The van der Waals surface area contributed by atoms with Crippen LogP contribution in [-0.2, 0) is 19.0 Å². The summed E-state index contributed by atoms with van der Waals surface area (Å²) in [6.07, 6.45) is 7.69. The molecule has 2 N–H and O–H groups in total. The van der Waals surface area contributed by atoms with Gasteiger partial charge in [0.1, 0.15) is 18.3 Å². The fraction of sp³-hybridized carbons (Fsp3) is 0.731. The van der Waals surface area contributed by atoms with Crippen molar-refractivity contribution in [1.82, 2.24) is 0 Å². The quantitative estimate of drug-likeness (QED) is 0.370. The van der Waals surface area contributed by atoms with Crippen LogP contribution in [-0.4, -0.2) is 59.4 Å². The van der Waals surface area contributed by atoms with Crippen molar-refractivity contribution in [2.24, 2.45) is 22.7 Å². The van der Waals surface area contributed by atoms with Crippen molar-refractivity contribution in [3.8, 4) is 0 Å². The van der Waals surface area contributed by atoms with Gasteiger partial charge in [0, 0.05) is 16.9 Å². The van der Waals surface area contributed by atoms with E-state index in [1.54, 1.807) is 6.92 Å². The average Bonchev–Trinajstić information content (AvgIpc) is 3.41. The smallest absolute Gasteiger partial charge is 0.331 e. The Kier molecular flexibility index (Phi) is 5.77. The van der Waals surface area contributed by atoms with Gasteiger partial charge in [0.2, 0.25) is 0 Å². The van der Waals surface area contributed by atoms with Crippen molar-refractivity contribution in [2.45, 2.75) is 77.8 Å². The van der Waals surface area contributed by atoms with Gasteiger partial charge in [-0.25, -0.2) is 4.79 Å². The van der Waals surface area contributed by atoms with Crippen molar-refractivity contribution < 1.29 is 29.2 Å². The lowest BCUT2D eigenvalue weighted by atomic mass is 9.44. The zero-order valence-corrected chi connectivity index (χ0v) is 20.2. The van der Waals surface area contributed by atoms with E-state index in [9.17, 15) is 15.0 Å². The van der Waals surface area contributed by atoms with Crippen LogP contribution in [0.2, 0.25) is 0 Å². The second kappa shape index (κ2) is 7.79. The van der Waals surface area contributed by atoms with E-state index in [1.165, 1.54) is 11.6 Å². The minimum absolute atomic E-state index is 0.0356. The first-order valence-electron chi connectivity index (χ1n) is 11.8. The van der Waals surface area contributed by atoms with Crippen molar-refractivity contribution in [1.29, 1.82) is 0 Å². The van der Waals surface area contributed by atoms with Gasteiger partial charge >= 0.3 is 5.97 Å². The number of esters is 1. The zero-order chi connectivity index (χ0) is 23.5. The Bertz CT molecular complexity index is 864. The summed E-state index contributed by atoms with van der Waals surface area (Å²) in [5.74, 6) is 0.00270. The fourth-order valence-corrected chi connectivity index (χ4v) is 6.12. The molecule has 2 aliphatic carbocycles. The molecular weight excluding hydrogens is 408 g/mol. The summed E-state index contributed by atoms with van der Waals surface area (Å²) in [5.41, 5.74) is -0.977. The Morgan fingerprint density at radius 2 is 2.00 bits per heavy atom. The van der Waals surface area contributed by atoms with Gasteiger partial charge in [0.25, 0.3) is 0 Å². The Hall–Kier alpha value is -1.47. The highest BCUT2D eigenvalue weighted by Crippen LogP contribution is 2.63. The number of hydrogen-bond acceptors (Lipinski definition) is 6. The molecule has 0 aromatic carbocycles. The maximum absolute atomic E-state index is 11.8. The summed E-state index contributed by atoms with van der Waals surface area (Å²) < 4.78 is 17.2. The number of fused-ring (bicyclic) bond motifs is 1. The predicted molar refractivity (Wildman–Crippen MR) is 121 cm³/mol. The molecule has 2 heterocycles. The lowest BCUT2D eigenvalue weighted by molar-refractivity contribution is -0.266. The molecule has 0 aromatic rings. The molecule has 6 nitrogen and oxygen atoms in total. The predicted octanol–water partition coefficient (Wildman–Crippen LogP) is 3.33. The van der Waals surface area contributed by atoms with Crippen LogP contribution in [0.3, 0.4) is 0 Å². The third-order valence-corrected chi connectivity index (χ3v) is 9.15. The number of aliphatic hydroxyl groups is 2. The second-order valence-corrected chi connectivity index (χ2v) is 11.1. The van der Waals surface area contributed by atoms with Gasteiger partial charge in [-0.3, -0.25) is 0 Å². The van der Waals surface area contributed by atoms with E-state index in [4.69, 9.17) is 14.2 Å². The van der Waals surface area contributed by atoms with Crippen LogP contribution in [0.5, 0.6) is 0 Å². The summed E-state index contributed by atoms with van der Waals surface area (Å²) in [6, 6.07) is 0. The number of epoxide rings is 1. The second-order valence-electron chi connectivity index (χ2n) is 11.1. The van der Waals surface area contributed by atoms with Gasteiger partial charge in [0.05, 0.1) is 24.9 Å². The number of carbonyl (C=O) groups excluding carboxylic acids is 1. The minimum Gasteiger partial charge on any atom is -0.458 e. The molecule has 0 unspecified atom stereocenters. The molecular formula is C26H38O6. The number of allylic oxidation sites excluding steroid dienone is 1. The largest absolute Gasteiger partial charge is 0.458 e. The molecule has 1 saturated heterocycles.